The third kappa shape index (κ3) is 9.10. The molecule has 10 aromatic rings. The molecule has 11 rings (SSSR count). The molecule has 1 aliphatic rings. The maximum Gasteiger partial charge on any atom is 0.252 e. The number of anilines is 1. The number of hydrogen-bond donors (Lipinski definition) is 1. The molecule has 0 bridgehead atoms. The van der Waals surface area contributed by atoms with Crippen molar-refractivity contribution in [2.24, 2.45) is 5.92 Å². The summed E-state index contributed by atoms with van der Waals surface area (Å²) in [6.07, 6.45) is 1.35. The normalized spacial score (nSPS) is 15.6. The van der Waals surface area contributed by atoms with Crippen molar-refractivity contribution in [1.29, 1.82) is 0 Å². The average molecular weight is 976 g/mol. The fourth-order valence-corrected chi connectivity index (χ4v) is 10.3. The summed E-state index contributed by atoms with van der Waals surface area (Å²) in [5.41, 5.74) is 4.08. The molecule has 2 heterocycles. The fourth-order valence-electron chi connectivity index (χ4n) is 10.3. The summed E-state index contributed by atoms with van der Waals surface area (Å²) in [6.45, 7) is 0.0119. The number of imidazole rings is 1. The second-order valence-electron chi connectivity index (χ2n) is 18.1. The van der Waals surface area contributed by atoms with Crippen molar-refractivity contribution < 1.29 is 28.5 Å². The van der Waals surface area contributed by atoms with Gasteiger partial charge in [-0.25, -0.2) is 4.98 Å². The molecular formula is C63H53N5O6. The standard InChI is InChI=1S/C63H53N5O6/c1-70-50-37-33-46(34-38-50)62(44-21-9-3-10-22-44,45-23-11-4-12-24-45)67-61-65-59-57(60(66-61)74-53-31-19-8-20-32-53)64-43-68(59)55-41-56(73-52-29-17-7-18-30-52)54(58(55)69)42-72-63(47-25-13-5-14-26-47,48-27-15-6-16-28-48)49-35-39-51(71-2)40-36-49/h3-40,43,54-56H,41-42H2,1-2H3,(H,65,66,67)/t54-,55+,56+/m1/s1. The predicted octanol–water partition coefficient (Wildman–Crippen LogP) is 12.6. The Kier molecular flexibility index (Phi) is 13.4. The number of para-hydroxylation sites is 2. The van der Waals surface area contributed by atoms with Crippen molar-refractivity contribution >= 4 is 22.9 Å². The van der Waals surface area contributed by atoms with Crippen molar-refractivity contribution in [1.82, 2.24) is 19.5 Å². The molecule has 2 aromatic heterocycles. The first-order valence-corrected chi connectivity index (χ1v) is 24.6. The lowest BCUT2D eigenvalue weighted by Crippen LogP contribution is -2.39. The van der Waals surface area contributed by atoms with Gasteiger partial charge in [-0.05, 0) is 81.9 Å². The van der Waals surface area contributed by atoms with Gasteiger partial charge in [-0.3, -0.25) is 4.79 Å². The minimum atomic E-state index is -1.13. The third-order valence-electron chi connectivity index (χ3n) is 13.9. The quantitative estimate of drug-likeness (QED) is 0.0833. The van der Waals surface area contributed by atoms with E-state index in [9.17, 15) is 0 Å². The molecule has 11 heteroatoms. The number of ether oxygens (including phenoxy) is 5. The number of carbonyl (C=O) groups excluding carboxylic acids is 1. The Balaban J connectivity index is 1.04. The second kappa shape index (κ2) is 21.0. The van der Waals surface area contributed by atoms with Crippen LogP contribution in [0.2, 0.25) is 0 Å². The smallest absolute Gasteiger partial charge is 0.252 e. The molecule has 0 aliphatic heterocycles. The number of Topliss-reactive ketones (excluding diaryl/α,β-unsaturated/α-hetero) is 1. The minimum absolute atomic E-state index is 0.0119. The van der Waals surface area contributed by atoms with Crippen LogP contribution in [0.3, 0.4) is 0 Å². The van der Waals surface area contributed by atoms with E-state index in [-0.39, 0.29) is 24.2 Å². The highest BCUT2D eigenvalue weighted by Crippen LogP contribution is 2.45. The van der Waals surface area contributed by atoms with Crippen LogP contribution in [0.1, 0.15) is 45.8 Å². The lowest BCUT2D eigenvalue weighted by atomic mass is 9.77. The number of ketones is 1. The van der Waals surface area contributed by atoms with E-state index >= 15 is 4.79 Å². The number of nitrogens with zero attached hydrogens (tertiary/aromatic N) is 4. The molecule has 1 fully saturated rings. The van der Waals surface area contributed by atoms with E-state index < -0.39 is 29.2 Å². The molecule has 366 valence electrons. The third-order valence-corrected chi connectivity index (χ3v) is 13.9. The van der Waals surface area contributed by atoms with Gasteiger partial charge in [-0.2, -0.15) is 9.97 Å². The lowest BCUT2D eigenvalue weighted by molar-refractivity contribution is -0.128. The fraction of sp³-hybridized carbons (Fsp3) is 0.143. The van der Waals surface area contributed by atoms with Crippen LogP contribution in [0.5, 0.6) is 28.9 Å². The van der Waals surface area contributed by atoms with Gasteiger partial charge in [-0.1, -0.05) is 182 Å². The van der Waals surface area contributed by atoms with Gasteiger partial charge in [0.05, 0.1) is 39.1 Å². The summed E-state index contributed by atoms with van der Waals surface area (Å²) < 4.78 is 33.9. The number of rotatable bonds is 18. The van der Waals surface area contributed by atoms with E-state index in [1.807, 2.05) is 187 Å². The summed E-state index contributed by atoms with van der Waals surface area (Å²) in [7, 11) is 3.30. The van der Waals surface area contributed by atoms with Crippen LogP contribution in [-0.2, 0) is 20.7 Å². The van der Waals surface area contributed by atoms with Crippen molar-refractivity contribution in [3.05, 3.63) is 270 Å². The van der Waals surface area contributed by atoms with Gasteiger partial charge in [0.25, 0.3) is 5.88 Å². The van der Waals surface area contributed by atoms with Crippen molar-refractivity contribution in [2.75, 3.05) is 26.1 Å². The van der Waals surface area contributed by atoms with Crippen LogP contribution in [0.25, 0.3) is 11.2 Å². The van der Waals surface area contributed by atoms with Crippen molar-refractivity contribution in [3.8, 4) is 28.9 Å². The van der Waals surface area contributed by atoms with Gasteiger partial charge in [0.1, 0.15) is 40.2 Å². The molecule has 0 spiro atoms. The van der Waals surface area contributed by atoms with Crippen LogP contribution >= 0.6 is 0 Å². The number of nitrogens with one attached hydrogen (secondary N) is 1. The van der Waals surface area contributed by atoms with E-state index in [1.165, 1.54) is 0 Å². The van der Waals surface area contributed by atoms with Crippen molar-refractivity contribution in [3.63, 3.8) is 0 Å². The first-order chi connectivity index (χ1) is 36.5. The number of fused-ring (bicyclic) bond motifs is 1. The molecule has 0 amide bonds. The topological polar surface area (TPSA) is 119 Å². The number of methoxy groups -OCH3 is 2. The number of carbonyl (C=O) groups is 1. The van der Waals surface area contributed by atoms with Crippen LogP contribution in [0, 0.1) is 5.92 Å². The maximum atomic E-state index is 15.6. The Morgan fingerprint density at radius 2 is 0.973 bits per heavy atom. The maximum absolute atomic E-state index is 15.6. The van der Waals surface area contributed by atoms with E-state index in [4.69, 9.17) is 38.6 Å². The van der Waals surface area contributed by atoms with Gasteiger partial charge in [0, 0.05) is 6.42 Å². The number of aromatic nitrogens is 4. The van der Waals surface area contributed by atoms with E-state index in [2.05, 4.69) is 53.8 Å². The largest absolute Gasteiger partial charge is 0.497 e. The average Bonchev–Trinajstić information content (AvgIpc) is 4.03. The molecule has 0 unspecified atom stereocenters. The zero-order valence-electron chi connectivity index (χ0n) is 40.9. The highest BCUT2D eigenvalue weighted by Gasteiger charge is 2.48. The zero-order valence-corrected chi connectivity index (χ0v) is 40.9. The minimum Gasteiger partial charge on any atom is -0.497 e. The lowest BCUT2D eigenvalue weighted by Gasteiger charge is -2.37. The van der Waals surface area contributed by atoms with Crippen molar-refractivity contribution in [2.45, 2.75) is 29.7 Å². The molecular weight excluding hydrogens is 923 g/mol. The van der Waals surface area contributed by atoms with Gasteiger partial charge in [0.2, 0.25) is 5.95 Å². The first-order valence-electron chi connectivity index (χ1n) is 24.6. The van der Waals surface area contributed by atoms with Gasteiger partial charge in [0.15, 0.2) is 16.9 Å². The monoisotopic (exact) mass is 975 g/mol. The molecule has 1 saturated carbocycles. The first kappa shape index (κ1) is 47.3. The van der Waals surface area contributed by atoms with Gasteiger partial charge >= 0.3 is 0 Å². The van der Waals surface area contributed by atoms with Gasteiger partial charge < -0.3 is 33.6 Å². The Labute approximate surface area is 430 Å². The van der Waals surface area contributed by atoms with E-state index in [1.54, 1.807) is 20.5 Å². The summed E-state index contributed by atoms with van der Waals surface area (Å²) >= 11 is 0. The molecule has 3 atom stereocenters. The Morgan fingerprint density at radius 3 is 1.49 bits per heavy atom. The molecule has 1 N–H and O–H groups in total. The summed E-state index contributed by atoms with van der Waals surface area (Å²) in [6, 6.07) is 74.8. The van der Waals surface area contributed by atoms with Crippen LogP contribution < -0.4 is 24.3 Å². The molecule has 0 saturated heterocycles. The molecule has 0 radical (unpaired) electrons. The molecule has 8 aromatic carbocycles. The van der Waals surface area contributed by atoms with Gasteiger partial charge in [-0.15, -0.1) is 0 Å². The van der Waals surface area contributed by atoms with E-state index in [0.29, 0.717) is 34.8 Å². The summed E-state index contributed by atoms with van der Waals surface area (Å²) in [4.78, 5) is 31.0. The Morgan fingerprint density at radius 1 is 0.527 bits per heavy atom. The van der Waals surface area contributed by atoms with E-state index in [0.717, 1.165) is 39.1 Å². The SMILES string of the molecule is COc1ccc(C(Nc2nc(Oc3ccccc3)c3ncn([C@H]4C[C@H](Oc5ccccc5)[C@@H](COC(c5ccccc5)(c5ccccc5)c5ccc(OC)cc5)C4=O)c3n2)(c2ccccc2)c2ccccc2)cc1. The molecule has 74 heavy (non-hydrogen) atoms. The summed E-state index contributed by atoms with van der Waals surface area (Å²) in [5.74, 6) is 2.26. The van der Waals surface area contributed by atoms with Crippen LogP contribution in [0.4, 0.5) is 5.95 Å². The Bertz CT molecular complexity index is 3360. The number of benzene rings is 8. The zero-order chi connectivity index (χ0) is 50.3. The molecule has 11 nitrogen and oxygen atoms in total. The van der Waals surface area contributed by atoms with Crippen LogP contribution in [-0.4, -0.2) is 52.2 Å². The highest BCUT2D eigenvalue weighted by atomic mass is 16.5. The molecule has 1 aliphatic carbocycles. The summed E-state index contributed by atoms with van der Waals surface area (Å²) in [5, 5.41) is 3.84. The Hall–Kier alpha value is -9.06. The predicted molar refractivity (Wildman–Crippen MR) is 286 cm³/mol. The number of hydrogen-bond acceptors (Lipinski definition) is 10. The second-order valence-corrected chi connectivity index (χ2v) is 18.1. The van der Waals surface area contributed by atoms with Crippen LogP contribution in [0.15, 0.2) is 237 Å². The highest BCUT2D eigenvalue weighted by molar-refractivity contribution is 5.90.